The van der Waals surface area contributed by atoms with E-state index >= 15 is 0 Å². The molecule has 0 spiro atoms. The Balaban J connectivity index is 2.07. The van der Waals surface area contributed by atoms with Gasteiger partial charge in [-0.25, -0.2) is 0 Å². The van der Waals surface area contributed by atoms with E-state index in [1.165, 1.54) is 12.3 Å². The monoisotopic (exact) mass is 242 g/mol. The molecule has 4 nitrogen and oxygen atoms in total. The number of fused-ring (bicyclic) bond motifs is 1. The van der Waals surface area contributed by atoms with Crippen LogP contribution in [0.3, 0.4) is 0 Å². The first kappa shape index (κ1) is 10.7. The molecule has 0 fully saturated rings. The number of aromatic hydroxyl groups is 1. The minimum Gasteiger partial charge on any atom is -0.508 e. The SMILES string of the molecule is Cc1c(O)ccc2c1O/C(=C/c1ccco1)C2=O. The van der Waals surface area contributed by atoms with Crippen LogP contribution in [0.2, 0.25) is 0 Å². The highest BCUT2D eigenvalue weighted by Crippen LogP contribution is 2.38. The molecule has 1 N–H and O–H groups in total. The van der Waals surface area contributed by atoms with Gasteiger partial charge in [-0.15, -0.1) is 0 Å². The standard InChI is InChI=1S/C14H10O4/c1-8-11(15)5-4-10-13(16)12(18-14(8)10)7-9-3-2-6-17-9/h2-7,15H,1H3/b12-7+. The molecule has 1 aromatic carbocycles. The Morgan fingerprint density at radius 2 is 2.11 bits per heavy atom. The largest absolute Gasteiger partial charge is 0.508 e. The molecule has 18 heavy (non-hydrogen) atoms. The van der Waals surface area contributed by atoms with Gasteiger partial charge in [0, 0.05) is 11.6 Å². The summed E-state index contributed by atoms with van der Waals surface area (Å²) in [6.07, 6.45) is 3.06. The van der Waals surface area contributed by atoms with Gasteiger partial charge in [0.2, 0.25) is 5.78 Å². The van der Waals surface area contributed by atoms with Crippen molar-refractivity contribution in [1.82, 2.24) is 0 Å². The first-order valence-electron chi connectivity index (χ1n) is 5.47. The van der Waals surface area contributed by atoms with Crippen LogP contribution in [0.5, 0.6) is 11.5 Å². The van der Waals surface area contributed by atoms with Crippen molar-refractivity contribution in [2.45, 2.75) is 6.92 Å². The van der Waals surface area contributed by atoms with Crippen LogP contribution >= 0.6 is 0 Å². The molecule has 0 aliphatic carbocycles. The number of Topliss-reactive ketones (excluding diaryl/α,β-unsaturated/α-hetero) is 1. The van der Waals surface area contributed by atoms with Crippen LogP contribution in [-0.2, 0) is 0 Å². The fourth-order valence-corrected chi connectivity index (χ4v) is 1.88. The van der Waals surface area contributed by atoms with E-state index in [1.807, 2.05) is 0 Å². The Hall–Kier alpha value is -2.49. The first-order chi connectivity index (χ1) is 8.66. The molecule has 0 saturated carbocycles. The highest BCUT2D eigenvalue weighted by atomic mass is 16.5. The van der Waals surface area contributed by atoms with Crippen molar-refractivity contribution >= 4 is 11.9 Å². The molecule has 1 aliphatic rings. The summed E-state index contributed by atoms with van der Waals surface area (Å²) in [5, 5.41) is 9.58. The van der Waals surface area contributed by atoms with E-state index in [1.54, 1.807) is 31.2 Å². The Morgan fingerprint density at radius 3 is 2.83 bits per heavy atom. The van der Waals surface area contributed by atoms with Crippen molar-refractivity contribution in [2.75, 3.05) is 0 Å². The third-order valence-corrected chi connectivity index (χ3v) is 2.87. The lowest BCUT2D eigenvalue weighted by Gasteiger charge is -2.03. The molecule has 4 heteroatoms. The van der Waals surface area contributed by atoms with Gasteiger partial charge in [0.15, 0.2) is 5.76 Å². The van der Waals surface area contributed by atoms with Gasteiger partial charge in [-0.1, -0.05) is 0 Å². The van der Waals surface area contributed by atoms with Gasteiger partial charge < -0.3 is 14.3 Å². The molecule has 90 valence electrons. The summed E-state index contributed by atoms with van der Waals surface area (Å²) in [6, 6.07) is 6.52. The number of ketones is 1. The number of allylic oxidation sites excluding steroid dienone is 1. The van der Waals surface area contributed by atoms with E-state index in [4.69, 9.17) is 9.15 Å². The smallest absolute Gasteiger partial charge is 0.232 e. The highest BCUT2D eigenvalue weighted by molar-refractivity contribution is 6.14. The predicted octanol–water partition coefficient (Wildman–Crippen LogP) is 2.91. The summed E-state index contributed by atoms with van der Waals surface area (Å²) in [5.74, 6) is 1.07. The molecular weight excluding hydrogens is 232 g/mol. The third-order valence-electron chi connectivity index (χ3n) is 2.87. The Bertz CT molecular complexity index is 651. The summed E-state index contributed by atoms with van der Waals surface area (Å²) in [7, 11) is 0. The lowest BCUT2D eigenvalue weighted by molar-refractivity contribution is 0.101. The average Bonchev–Trinajstić information content (AvgIpc) is 2.95. The van der Waals surface area contributed by atoms with Crippen LogP contribution in [0.15, 0.2) is 40.7 Å². The molecule has 0 unspecified atom stereocenters. The molecular formula is C14H10O4. The maximum absolute atomic E-state index is 12.1. The van der Waals surface area contributed by atoms with Crippen LogP contribution < -0.4 is 4.74 Å². The van der Waals surface area contributed by atoms with Crippen molar-refractivity contribution in [3.63, 3.8) is 0 Å². The quantitative estimate of drug-likeness (QED) is 0.781. The second kappa shape index (κ2) is 3.77. The van der Waals surface area contributed by atoms with E-state index in [9.17, 15) is 9.90 Å². The molecule has 0 radical (unpaired) electrons. The van der Waals surface area contributed by atoms with E-state index in [2.05, 4.69) is 0 Å². The number of ether oxygens (including phenoxy) is 1. The van der Waals surface area contributed by atoms with Crippen LogP contribution in [0.25, 0.3) is 6.08 Å². The van der Waals surface area contributed by atoms with Crippen LogP contribution in [0, 0.1) is 6.92 Å². The molecule has 3 rings (SSSR count). The van der Waals surface area contributed by atoms with E-state index in [0.29, 0.717) is 22.6 Å². The molecule has 0 saturated heterocycles. The Kier molecular flexibility index (Phi) is 2.23. The Labute approximate surface area is 103 Å². The van der Waals surface area contributed by atoms with Crippen molar-refractivity contribution in [3.05, 3.63) is 53.2 Å². The second-order valence-corrected chi connectivity index (χ2v) is 4.04. The van der Waals surface area contributed by atoms with Crippen molar-refractivity contribution in [3.8, 4) is 11.5 Å². The van der Waals surface area contributed by atoms with E-state index < -0.39 is 0 Å². The number of furan rings is 1. The molecule has 0 atom stereocenters. The lowest BCUT2D eigenvalue weighted by atomic mass is 10.1. The highest BCUT2D eigenvalue weighted by Gasteiger charge is 2.29. The summed E-state index contributed by atoms with van der Waals surface area (Å²) in [5.41, 5.74) is 1.02. The zero-order chi connectivity index (χ0) is 12.7. The molecule has 1 aliphatic heterocycles. The summed E-state index contributed by atoms with van der Waals surface area (Å²) in [6.45, 7) is 1.71. The summed E-state index contributed by atoms with van der Waals surface area (Å²) >= 11 is 0. The number of benzene rings is 1. The zero-order valence-electron chi connectivity index (χ0n) is 9.64. The number of hydrogen-bond acceptors (Lipinski definition) is 4. The molecule has 2 heterocycles. The third kappa shape index (κ3) is 1.50. The predicted molar refractivity (Wildman–Crippen MR) is 64.5 cm³/mol. The maximum atomic E-state index is 12.1. The number of carbonyl (C=O) groups is 1. The molecule has 1 aromatic heterocycles. The van der Waals surface area contributed by atoms with Gasteiger partial charge in [0.1, 0.15) is 17.3 Å². The number of carbonyl (C=O) groups excluding carboxylic acids is 1. The first-order valence-corrected chi connectivity index (χ1v) is 5.47. The minimum atomic E-state index is -0.204. The lowest BCUT2D eigenvalue weighted by Crippen LogP contribution is -1.97. The van der Waals surface area contributed by atoms with Crippen molar-refractivity contribution < 1.29 is 19.1 Å². The van der Waals surface area contributed by atoms with Crippen LogP contribution in [0.1, 0.15) is 21.7 Å². The van der Waals surface area contributed by atoms with Crippen LogP contribution in [0.4, 0.5) is 0 Å². The van der Waals surface area contributed by atoms with Gasteiger partial charge in [-0.05, 0) is 31.2 Å². The summed E-state index contributed by atoms with van der Waals surface area (Å²) in [4.78, 5) is 12.1. The van der Waals surface area contributed by atoms with Crippen LogP contribution in [-0.4, -0.2) is 10.9 Å². The normalized spacial score (nSPS) is 15.8. The maximum Gasteiger partial charge on any atom is 0.232 e. The Morgan fingerprint density at radius 1 is 1.28 bits per heavy atom. The number of phenolic OH excluding ortho intramolecular Hbond substituents is 1. The van der Waals surface area contributed by atoms with E-state index in [0.717, 1.165) is 0 Å². The zero-order valence-corrected chi connectivity index (χ0v) is 9.64. The fraction of sp³-hybridized carbons (Fsp3) is 0.0714. The van der Waals surface area contributed by atoms with E-state index in [-0.39, 0.29) is 17.3 Å². The average molecular weight is 242 g/mol. The molecule has 0 amide bonds. The van der Waals surface area contributed by atoms with Gasteiger partial charge in [0.25, 0.3) is 0 Å². The number of hydrogen-bond donors (Lipinski definition) is 1. The molecule has 2 aromatic rings. The number of phenols is 1. The van der Waals surface area contributed by atoms with Gasteiger partial charge >= 0.3 is 0 Å². The second-order valence-electron chi connectivity index (χ2n) is 4.04. The van der Waals surface area contributed by atoms with Gasteiger partial charge in [0.05, 0.1) is 11.8 Å². The van der Waals surface area contributed by atoms with Gasteiger partial charge in [-0.2, -0.15) is 0 Å². The van der Waals surface area contributed by atoms with Gasteiger partial charge in [-0.3, -0.25) is 4.79 Å². The van der Waals surface area contributed by atoms with Crippen molar-refractivity contribution in [1.29, 1.82) is 0 Å². The topological polar surface area (TPSA) is 59.7 Å². The fourth-order valence-electron chi connectivity index (χ4n) is 1.88. The van der Waals surface area contributed by atoms with Crippen molar-refractivity contribution in [2.24, 2.45) is 0 Å². The minimum absolute atomic E-state index is 0.112. The molecule has 0 bridgehead atoms. The number of rotatable bonds is 1. The summed E-state index contributed by atoms with van der Waals surface area (Å²) < 4.78 is 10.6.